The Labute approximate surface area is 134 Å². The molecule has 0 aliphatic heterocycles. The fourth-order valence-corrected chi connectivity index (χ4v) is 3.12. The van der Waals surface area contributed by atoms with Crippen LogP contribution in [-0.2, 0) is 21.2 Å². The van der Waals surface area contributed by atoms with Gasteiger partial charge in [-0.3, -0.25) is 19.9 Å². The molecule has 9 heteroatoms. The number of aromatic amines is 1. The van der Waals surface area contributed by atoms with Crippen molar-refractivity contribution in [2.45, 2.75) is 31.9 Å². The normalized spacial score (nSPS) is 12.1. The lowest BCUT2D eigenvalue weighted by molar-refractivity contribution is -0.385. The number of nitrogens with zero attached hydrogens (tertiary/aromatic N) is 2. The van der Waals surface area contributed by atoms with E-state index in [4.69, 9.17) is 0 Å². The minimum Gasteiger partial charge on any atom is -0.280 e. The van der Waals surface area contributed by atoms with Crippen molar-refractivity contribution in [3.8, 4) is 0 Å². The van der Waals surface area contributed by atoms with Gasteiger partial charge in [0.05, 0.1) is 4.92 Å². The van der Waals surface area contributed by atoms with Crippen LogP contribution in [-0.4, -0.2) is 23.5 Å². The van der Waals surface area contributed by atoms with Gasteiger partial charge < -0.3 is 0 Å². The summed E-state index contributed by atoms with van der Waals surface area (Å²) < 4.78 is 26.8. The van der Waals surface area contributed by atoms with Gasteiger partial charge in [0.15, 0.2) is 5.82 Å². The molecule has 23 heavy (non-hydrogen) atoms. The van der Waals surface area contributed by atoms with E-state index >= 15 is 0 Å². The number of hydrogen-bond donors (Lipinski definition) is 2. The number of para-hydroxylation sites is 1. The van der Waals surface area contributed by atoms with Crippen LogP contribution in [0.2, 0.25) is 0 Å². The summed E-state index contributed by atoms with van der Waals surface area (Å²) in [5.74, 6) is -0.337. The highest BCUT2D eigenvalue weighted by atomic mass is 32.2. The molecule has 2 rings (SSSR count). The topological polar surface area (TPSA) is 118 Å². The SMILES string of the molecule is CC(C)(C)c1cc(NS(=O)(=O)Cc2ccccc2[N+](=O)[O-])n[nH]1. The van der Waals surface area contributed by atoms with Gasteiger partial charge in [-0.1, -0.05) is 39.0 Å². The van der Waals surface area contributed by atoms with E-state index in [1.165, 1.54) is 18.2 Å². The lowest BCUT2D eigenvalue weighted by Gasteiger charge is -2.14. The summed E-state index contributed by atoms with van der Waals surface area (Å²) in [7, 11) is -3.81. The third kappa shape index (κ3) is 4.28. The van der Waals surface area contributed by atoms with Crippen molar-refractivity contribution in [2.24, 2.45) is 0 Å². The van der Waals surface area contributed by atoms with Crippen LogP contribution in [0.4, 0.5) is 11.5 Å². The van der Waals surface area contributed by atoms with Gasteiger partial charge >= 0.3 is 0 Å². The molecule has 0 aliphatic carbocycles. The average Bonchev–Trinajstić information content (AvgIpc) is 2.86. The Morgan fingerprint density at radius 3 is 2.52 bits per heavy atom. The van der Waals surface area contributed by atoms with E-state index in [1.54, 1.807) is 12.1 Å². The third-order valence-electron chi connectivity index (χ3n) is 3.18. The number of benzene rings is 1. The highest BCUT2D eigenvalue weighted by molar-refractivity contribution is 7.91. The summed E-state index contributed by atoms with van der Waals surface area (Å²) in [6, 6.07) is 7.35. The van der Waals surface area contributed by atoms with E-state index < -0.39 is 20.7 Å². The van der Waals surface area contributed by atoms with Gasteiger partial charge in [0, 0.05) is 28.8 Å². The lowest BCUT2D eigenvalue weighted by Crippen LogP contribution is -2.16. The first-order chi connectivity index (χ1) is 10.6. The quantitative estimate of drug-likeness (QED) is 0.641. The average molecular weight is 338 g/mol. The molecule has 0 amide bonds. The van der Waals surface area contributed by atoms with Crippen LogP contribution < -0.4 is 4.72 Å². The van der Waals surface area contributed by atoms with Crippen molar-refractivity contribution in [1.82, 2.24) is 10.2 Å². The molecule has 0 unspecified atom stereocenters. The van der Waals surface area contributed by atoms with Gasteiger partial charge in [-0.05, 0) is 0 Å². The molecule has 2 N–H and O–H groups in total. The van der Waals surface area contributed by atoms with Crippen LogP contribution in [0.3, 0.4) is 0 Å². The summed E-state index contributed by atoms with van der Waals surface area (Å²) in [6.07, 6.45) is 0. The van der Waals surface area contributed by atoms with Gasteiger partial charge in [-0.25, -0.2) is 8.42 Å². The molecule has 1 heterocycles. The van der Waals surface area contributed by atoms with Crippen molar-refractivity contribution >= 4 is 21.5 Å². The molecule has 0 atom stereocenters. The monoisotopic (exact) mass is 338 g/mol. The Bertz CT molecular complexity index is 821. The Hall–Kier alpha value is -2.42. The Morgan fingerprint density at radius 1 is 1.30 bits per heavy atom. The zero-order chi connectivity index (χ0) is 17.3. The van der Waals surface area contributed by atoms with Crippen molar-refractivity contribution in [2.75, 3.05) is 4.72 Å². The molecule has 0 bridgehead atoms. The molecule has 0 fully saturated rings. The maximum atomic E-state index is 12.2. The fraction of sp³-hybridized carbons (Fsp3) is 0.357. The smallest absolute Gasteiger partial charge is 0.273 e. The van der Waals surface area contributed by atoms with Gasteiger partial charge in [0.1, 0.15) is 5.75 Å². The molecular weight excluding hydrogens is 320 g/mol. The van der Waals surface area contributed by atoms with Crippen LogP contribution in [0.15, 0.2) is 30.3 Å². The molecule has 0 saturated carbocycles. The molecule has 0 radical (unpaired) electrons. The van der Waals surface area contributed by atoms with E-state index in [0.29, 0.717) is 0 Å². The van der Waals surface area contributed by atoms with Gasteiger partial charge in [-0.15, -0.1) is 0 Å². The molecule has 0 aliphatic rings. The van der Waals surface area contributed by atoms with Crippen molar-refractivity contribution in [3.05, 3.63) is 51.7 Å². The van der Waals surface area contributed by atoms with E-state index in [2.05, 4.69) is 14.9 Å². The van der Waals surface area contributed by atoms with E-state index in [9.17, 15) is 18.5 Å². The van der Waals surface area contributed by atoms with E-state index in [1.807, 2.05) is 20.8 Å². The number of nitro groups is 1. The summed E-state index contributed by atoms with van der Waals surface area (Å²) in [5, 5.41) is 17.6. The summed E-state index contributed by atoms with van der Waals surface area (Å²) in [5.41, 5.74) is 0.474. The summed E-state index contributed by atoms with van der Waals surface area (Å²) >= 11 is 0. The number of H-pyrrole nitrogens is 1. The number of aromatic nitrogens is 2. The van der Waals surface area contributed by atoms with Crippen molar-refractivity contribution in [1.29, 1.82) is 0 Å². The minimum atomic E-state index is -3.81. The number of rotatable bonds is 5. The Kier molecular flexibility index (Phi) is 4.42. The van der Waals surface area contributed by atoms with Crippen LogP contribution in [0.5, 0.6) is 0 Å². The van der Waals surface area contributed by atoms with Crippen molar-refractivity contribution in [3.63, 3.8) is 0 Å². The number of anilines is 1. The lowest BCUT2D eigenvalue weighted by atomic mass is 9.92. The second kappa shape index (κ2) is 5.99. The minimum absolute atomic E-state index is 0.122. The Balaban J connectivity index is 2.20. The standard InChI is InChI=1S/C14H18N4O4S/c1-14(2,3)12-8-13(16-15-12)17-23(21,22)9-10-6-4-5-7-11(10)18(19)20/h4-8H,9H2,1-3H3,(H2,15,16,17). The molecule has 1 aromatic carbocycles. The van der Waals surface area contributed by atoms with Crippen LogP contribution in [0.1, 0.15) is 32.0 Å². The number of hydrogen-bond acceptors (Lipinski definition) is 5. The zero-order valence-corrected chi connectivity index (χ0v) is 13.8. The first-order valence-corrected chi connectivity index (χ1v) is 8.52. The van der Waals surface area contributed by atoms with E-state index in [0.717, 1.165) is 5.69 Å². The predicted octanol–water partition coefficient (Wildman–Crippen LogP) is 2.56. The zero-order valence-electron chi connectivity index (χ0n) is 13.0. The van der Waals surface area contributed by atoms with Gasteiger partial charge in [0.2, 0.25) is 10.0 Å². The maximum Gasteiger partial charge on any atom is 0.273 e. The molecule has 0 saturated heterocycles. The predicted molar refractivity (Wildman–Crippen MR) is 86.6 cm³/mol. The van der Waals surface area contributed by atoms with Gasteiger partial charge in [-0.2, -0.15) is 5.10 Å². The second-order valence-electron chi connectivity index (χ2n) is 6.16. The molecule has 124 valence electrons. The fourth-order valence-electron chi connectivity index (χ4n) is 1.97. The molecule has 0 spiro atoms. The summed E-state index contributed by atoms with van der Waals surface area (Å²) in [4.78, 5) is 10.4. The van der Waals surface area contributed by atoms with Crippen molar-refractivity contribution < 1.29 is 13.3 Å². The van der Waals surface area contributed by atoms with Crippen LogP contribution in [0.25, 0.3) is 0 Å². The molecule has 2 aromatic rings. The molecule has 8 nitrogen and oxygen atoms in total. The van der Waals surface area contributed by atoms with Crippen LogP contribution >= 0.6 is 0 Å². The Morgan fingerprint density at radius 2 is 1.96 bits per heavy atom. The highest BCUT2D eigenvalue weighted by Gasteiger charge is 2.22. The number of nitrogens with one attached hydrogen (secondary N) is 2. The first kappa shape index (κ1) is 16.9. The maximum absolute atomic E-state index is 12.2. The molecular formula is C14H18N4O4S. The third-order valence-corrected chi connectivity index (χ3v) is 4.39. The van der Waals surface area contributed by atoms with E-state index in [-0.39, 0.29) is 22.5 Å². The van der Waals surface area contributed by atoms with Gasteiger partial charge in [0.25, 0.3) is 5.69 Å². The summed E-state index contributed by atoms with van der Waals surface area (Å²) in [6.45, 7) is 5.89. The number of nitro benzene ring substituents is 1. The number of sulfonamides is 1. The van der Waals surface area contributed by atoms with Crippen LogP contribution in [0, 0.1) is 10.1 Å². The largest absolute Gasteiger partial charge is 0.280 e. The molecule has 1 aromatic heterocycles. The highest BCUT2D eigenvalue weighted by Crippen LogP contribution is 2.24. The first-order valence-electron chi connectivity index (χ1n) is 6.87. The second-order valence-corrected chi connectivity index (χ2v) is 7.89.